The molecule has 0 atom stereocenters. The summed E-state index contributed by atoms with van der Waals surface area (Å²) in [5.41, 5.74) is 4.69. The van der Waals surface area contributed by atoms with Gasteiger partial charge in [0.2, 0.25) is 5.56 Å². The molecule has 0 aliphatic heterocycles. The van der Waals surface area contributed by atoms with E-state index < -0.39 is 0 Å². The fourth-order valence-electron chi connectivity index (χ4n) is 3.25. The van der Waals surface area contributed by atoms with Crippen LogP contribution >= 0.6 is 11.6 Å². The second-order valence-electron chi connectivity index (χ2n) is 6.38. The molecule has 0 fully saturated rings. The van der Waals surface area contributed by atoms with E-state index in [4.69, 9.17) is 21.6 Å². The Hall–Kier alpha value is -3.57. The van der Waals surface area contributed by atoms with Crippen LogP contribution in [0.3, 0.4) is 0 Å². The quantitative estimate of drug-likeness (QED) is 0.472. The van der Waals surface area contributed by atoms with E-state index in [9.17, 15) is 4.79 Å². The average molecular weight is 385 g/mol. The molecule has 5 nitrogen and oxygen atoms in total. The second kappa shape index (κ2) is 6.55. The van der Waals surface area contributed by atoms with Crippen LogP contribution in [0, 0.1) is 0 Å². The van der Waals surface area contributed by atoms with Gasteiger partial charge in [-0.15, -0.1) is 0 Å². The first-order valence-corrected chi connectivity index (χ1v) is 9.08. The molecule has 0 unspecified atom stereocenters. The summed E-state index contributed by atoms with van der Waals surface area (Å²) in [6, 6.07) is 20.6. The molecule has 0 aliphatic rings. The molecule has 0 saturated carbocycles. The van der Waals surface area contributed by atoms with Gasteiger partial charge in [-0.05, 0) is 24.3 Å². The minimum Gasteiger partial charge on any atom is -0.305 e. The summed E-state index contributed by atoms with van der Waals surface area (Å²) in [4.78, 5) is 28.3. The van der Waals surface area contributed by atoms with Crippen LogP contribution in [0.15, 0.2) is 77.7 Å². The van der Waals surface area contributed by atoms with Gasteiger partial charge < -0.3 is 4.98 Å². The van der Waals surface area contributed by atoms with Crippen molar-refractivity contribution in [2.75, 3.05) is 0 Å². The zero-order chi connectivity index (χ0) is 19.1. The maximum Gasteiger partial charge on any atom is 0.249 e. The van der Waals surface area contributed by atoms with Gasteiger partial charge in [0.25, 0.3) is 0 Å². The zero-order valence-corrected chi connectivity index (χ0v) is 15.3. The van der Waals surface area contributed by atoms with E-state index >= 15 is 0 Å². The summed E-state index contributed by atoms with van der Waals surface area (Å²) in [6.07, 6.45) is 1.72. The number of hydrogen-bond donors (Lipinski definition) is 1. The summed E-state index contributed by atoms with van der Waals surface area (Å²) in [5.74, 6) is 0. The number of nitrogens with zero attached hydrogens (tertiary/aromatic N) is 3. The zero-order valence-electron chi connectivity index (χ0n) is 14.6. The predicted molar refractivity (Wildman–Crippen MR) is 111 cm³/mol. The Morgan fingerprint density at radius 2 is 1.64 bits per heavy atom. The van der Waals surface area contributed by atoms with Crippen molar-refractivity contribution in [2.45, 2.75) is 0 Å². The van der Waals surface area contributed by atoms with Crippen molar-refractivity contribution in [1.29, 1.82) is 0 Å². The third-order valence-corrected chi connectivity index (χ3v) is 4.82. The first-order valence-electron chi connectivity index (χ1n) is 8.70. The molecule has 0 aliphatic carbocycles. The molecule has 6 heteroatoms. The molecule has 5 aromatic rings. The molecule has 5 rings (SSSR count). The van der Waals surface area contributed by atoms with E-state index in [2.05, 4.69) is 9.97 Å². The third kappa shape index (κ3) is 2.82. The number of halogens is 1. The smallest absolute Gasteiger partial charge is 0.249 e. The van der Waals surface area contributed by atoms with Crippen molar-refractivity contribution in [3.05, 3.63) is 88.3 Å². The summed E-state index contributed by atoms with van der Waals surface area (Å²) >= 11 is 6.49. The summed E-state index contributed by atoms with van der Waals surface area (Å²) in [7, 11) is 0. The largest absolute Gasteiger partial charge is 0.305 e. The highest BCUT2D eigenvalue weighted by molar-refractivity contribution is 6.35. The van der Waals surface area contributed by atoms with E-state index in [1.54, 1.807) is 12.3 Å². The molecule has 2 aromatic carbocycles. The Kier molecular flexibility index (Phi) is 3.88. The lowest BCUT2D eigenvalue weighted by Gasteiger charge is -2.11. The third-order valence-electron chi connectivity index (χ3n) is 4.54. The molecule has 0 spiro atoms. The van der Waals surface area contributed by atoms with Crippen molar-refractivity contribution in [3.63, 3.8) is 0 Å². The highest BCUT2D eigenvalue weighted by Crippen LogP contribution is 2.34. The topological polar surface area (TPSA) is 71.5 Å². The van der Waals surface area contributed by atoms with Gasteiger partial charge in [0.1, 0.15) is 5.52 Å². The molecular formula is C22H13ClN4O. The van der Waals surface area contributed by atoms with Crippen LogP contribution in [-0.4, -0.2) is 19.9 Å². The van der Waals surface area contributed by atoms with Crippen LogP contribution in [0.1, 0.15) is 0 Å². The van der Waals surface area contributed by atoms with Crippen LogP contribution in [-0.2, 0) is 0 Å². The van der Waals surface area contributed by atoms with Crippen molar-refractivity contribution < 1.29 is 0 Å². The van der Waals surface area contributed by atoms with Gasteiger partial charge in [0.05, 0.1) is 21.9 Å². The molecule has 3 heterocycles. The number of aromatic nitrogens is 4. The molecule has 0 amide bonds. The number of aromatic amines is 1. The fraction of sp³-hybridized carbons (Fsp3) is 0. The lowest BCUT2D eigenvalue weighted by Crippen LogP contribution is -2.06. The number of nitrogens with one attached hydrogen (secondary N) is 1. The molecule has 134 valence electrons. The van der Waals surface area contributed by atoms with Crippen LogP contribution < -0.4 is 5.56 Å². The van der Waals surface area contributed by atoms with Gasteiger partial charge in [-0.2, -0.15) is 0 Å². The van der Waals surface area contributed by atoms with Gasteiger partial charge in [-0.25, -0.2) is 9.97 Å². The van der Waals surface area contributed by atoms with E-state index in [1.807, 2.05) is 54.6 Å². The predicted octanol–water partition coefficient (Wildman–Crippen LogP) is 4.85. The minimum atomic E-state index is -0.214. The second-order valence-corrected chi connectivity index (χ2v) is 6.78. The average Bonchev–Trinajstić information content (AvgIpc) is 2.73. The van der Waals surface area contributed by atoms with Crippen LogP contribution in [0.5, 0.6) is 0 Å². The van der Waals surface area contributed by atoms with E-state index in [1.165, 1.54) is 6.07 Å². The van der Waals surface area contributed by atoms with E-state index in [0.29, 0.717) is 27.6 Å². The lowest BCUT2D eigenvalue weighted by atomic mass is 10.0. The summed E-state index contributed by atoms with van der Waals surface area (Å²) < 4.78 is 0. The molecule has 1 N–H and O–H groups in total. The van der Waals surface area contributed by atoms with Gasteiger partial charge in [0.15, 0.2) is 5.65 Å². The molecular weight excluding hydrogens is 372 g/mol. The molecule has 0 bridgehead atoms. The van der Waals surface area contributed by atoms with Crippen molar-refractivity contribution in [3.8, 4) is 22.5 Å². The highest BCUT2D eigenvalue weighted by atomic mass is 35.5. The maximum absolute atomic E-state index is 11.7. The van der Waals surface area contributed by atoms with Crippen molar-refractivity contribution in [2.24, 2.45) is 0 Å². The first-order chi connectivity index (χ1) is 13.7. The van der Waals surface area contributed by atoms with Gasteiger partial charge in [0, 0.05) is 28.8 Å². The monoisotopic (exact) mass is 384 g/mol. The molecule has 3 aromatic heterocycles. The van der Waals surface area contributed by atoms with Gasteiger partial charge in [-0.1, -0.05) is 48.0 Å². The van der Waals surface area contributed by atoms with Crippen LogP contribution in [0.4, 0.5) is 0 Å². The van der Waals surface area contributed by atoms with E-state index in [-0.39, 0.29) is 5.56 Å². The number of rotatable bonds is 2. The molecule has 0 saturated heterocycles. The number of H-pyrrole nitrogens is 1. The normalized spacial score (nSPS) is 11.2. The van der Waals surface area contributed by atoms with E-state index in [0.717, 1.165) is 22.0 Å². The Bertz CT molecular complexity index is 1400. The minimum absolute atomic E-state index is 0.214. The van der Waals surface area contributed by atoms with Crippen molar-refractivity contribution in [1.82, 2.24) is 19.9 Å². The number of hydrogen-bond acceptors (Lipinski definition) is 4. The lowest BCUT2D eigenvalue weighted by molar-refractivity contribution is 1.19. The van der Waals surface area contributed by atoms with Crippen LogP contribution in [0.25, 0.3) is 44.6 Å². The standard InChI is InChI=1S/C22H13ClN4O/c23-16-12-15(11-14-7-4-10-24-19(14)16)21-20(13-5-2-1-3-6-13)27-22-17(25-21)8-9-18(28)26-22/h1-12H,(H,26,27,28). The summed E-state index contributed by atoms with van der Waals surface area (Å²) in [5, 5.41) is 1.47. The Morgan fingerprint density at radius 1 is 0.821 bits per heavy atom. The Balaban J connectivity index is 1.85. The van der Waals surface area contributed by atoms with Crippen molar-refractivity contribution >= 4 is 33.7 Å². The number of fused-ring (bicyclic) bond motifs is 2. The summed E-state index contributed by atoms with van der Waals surface area (Å²) in [6.45, 7) is 0. The maximum atomic E-state index is 11.7. The number of pyridine rings is 2. The molecule has 28 heavy (non-hydrogen) atoms. The Morgan fingerprint density at radius 3 is 2.50 bits per heavy atom. The van der Waals surface area contributed by atoms with Gasteiger partial charge in [-0.3, -0.25) is 9.78 Å². The Labute approximate surface area is 164 Å². The van der Waals surface area contributed by atoms with Gasteiger partial charge >= 0.3 is 0 Å². The fourth-order valence-corrected chi connectivity index (χ4v) is 3.53. The SMILES string of the molecule is O=c1ccc2nc(-c3cc(Cl)c4ncccc4c3)c(-c3ccccc3)nc2[nH]1. The number of benzene rings is 2. The van der Waals surface area contributed by atoms with Crippen LogP contribution in [0.2, 0.25) is 5.02 Å². The first kappa shape index (κ1) is 16.6. The molecule has 0 radical (unpaired) electrons. The highest BCUT2D eigenvalue weighted by Gasteiger charge is 2.15.